The zero-order chi connectivity index (χ0) is 13.2. The molecule has 0 unspecified atom stereocenters. The van der Waals surface area contributed by atoms with Crippen LogP contribution in [0.4, 0.5) is 0 Å². The number of amides is 1. The number of carbonyl (C=O) groups is 1. The minimum Gasteiger partial charge on any atom is -0.361 e. The summed E-state index contributed by atoms with van der Waals surface area (Å²) < 4.78 is 4.94. The zero-order valence-electron chi connectivity index (χ0n) is 10.8. The van der Waals surface area contributed by atoms with Gasteiger partial charge in [0.2, 0.25) is 0 Å². The van der Waals surface area contributed by atoms with Crippen molar-refractivity contribution in [1.29, 1.82) is 0 Å². The van der Waals surface area contributed by atoms with E-state index in [0.29, 0.717) is 17.4 Å². The summed E-state index contributed by atoms with van der Waals surface area (Å²) in [4.78, 5) is 12.1. The normalized spacial score (nSPS) is 16.1. The smallest absolute Gasteiger partial charge is 0.273 e. The Morgan fingerprint density at radius 1 is 1.37 bits per heavy atom. The molecule has 1 aliphatic rings. The van der Waals surface area contributed by atoms with E-state index < -0.39 is 0 Å². The molecular weight excluding hydrogens is 240 g/mol. The van der Waals surface area contributed by atoms with Gasteiger partial charge in [-0.15, -0.1) is 0 Å². The molecule has 19 heavy (non-hydrogen) atoms. The highest BCUT2D eigenvalue weighted by Gasteiger charge is 2.33. The topological polar surface area (TPSA) is 55.1 Å². The van der Waals surface area contributed by atoms with Crippen molar-refractivity contribution >= 4 is 5.91 Å². The average molecular weight is 256 g/mol. The van der Waals surface area contributed by atoms with Gasteiger partial charge in [0.25, 0.3) is 5.91 Å². The number of carbonyl (C=O) groups excluding carboxylic acids is 1. The molecule has 1 heterocycles. The predicted octanol–water partition coefficient (Wildman–Crippen LogP) is 2.86. The SMILES string of the molecule is Cc1cc(C(=O)N[C@H](c2ccccc2)C2CC2)no1. The lowest BCUT2D eigenvalue weighted by atomic mass is 10.0. The maximum Gasteiger partial charge on any atom is 0.273 e. The zero-order valence-corrected chi connectivity index (χ0v) is 10.8. The number of hydrogen-bond donors (Lipinski definition) is 1. The van der Waals surface area contributed by atoms with E-state index in [-0.39, 0.29) is 11.9 Å². The lowest BCUT2D eigenvalue weighted by Gasteiger charge is -2.17. The molecule has 4 heteroatoms. The predicted molar refractivity (Wildman–Crippen MR) is 70.6 cm³/mol. The van der Waals surface area contributed by atoms with Gasteiger partial charge in [-0.2, -0.15) is 0 Å². The molecule has 98 valence electrons. The summed E-state index contributed by atoms with van der Waals surface area (Å²) in [7, 11) is 0. The van der Waals surface area contributed by atoms with E-state index in [1.54, 1.807) is 13.0 Å². The standard InChI is InChI=1S/C15H16N2O2/c1-10-9-13(17-19-10)15(18)16-14(12-7-8-12)11-5-3-2-4-6-11/h2-6,9,12,14H,7-8H2,1H3,(H,16,18)/t14-/m1/s1. The monoisotopic (exact) mass is 256 g/mol. The van der Waals surface area contributed by atoms with E-state index in [1.807, 2.05) is 18.2 Å². The van der Waals surface area contributed by atoms with Crippen molar-refractivity contribution in [3.8, 4) is 0 Å². The Morgan fingerprint density at radius 3 is 2.68 bits per heavy atom. The molecule has 2 aromatic rings. The van der Waals surface area contributed by atoms with Crippen molar-refractivity contribution in [3.05, 3.63) is 53.4 Å². The van der Waals surface area contributed by atoms with Gasteiger partial charge in [0.05, 0.1) is 6.04 Å². The van der Waals surface area contributed by atoms with Gasteiger partial charge < -0.3 is 9.84 Å². The molecule has 0 saturated heterocycles. The van der Waals surface area contributed by atoms with Gasteiger partial charge in [-0.25, -0.2) is 0 Å². The van der Waals surface area contributed by atoms with E-state index in [4.69, 9.17) is 4.52 Å². The Morgan fingerprint density at radius 2 is 2.11 bits per heavy atom. The number of hydrogen-bond acceptors (Lipinski definition) is 3. The molecule has 4 nitrogen and oxygen atoms in total. The first-order valence-electron chi connectivity index (χ1n) is 6.53. The molecule has 0 spiro atoms. The second-order valence-corrected chi connectivity index (χ2v) is 5.02. The minimum absolute atomic E-state index is 0.0747. The molecule has 0 radical (unpaired) electrons. The number of nitrogens with one attached hydrogen (secondary N) is 1. The Kier molecular flexibility index (Phi) is 3.07. The summed E-state index contributed by atoms with van der Waals surface area (Å²) in [6, 6.07) is 11.8. The third kappa shape index (κ3) is 2.67. The lowest BCUT2D eigenvalue weighted by molar-refractivity contribution is 0.0922. The Labute approximate surface area is 111 Å². The van der Waals surface area contributed by atoms with Crippen LogP contribution in [0.2, 0.25) is 0 Å². The van der Waals surface area contributed by atoms with Crippen molar-refractivity contribution in [2.45, 2.75) is 25.8 Å². The van der Waals surface area contributed by atoms with Gasteiger partial charge >= 0.3 is 0 Å². The van der Waals surface area contributed by atoms with Crippen molar-refractivity contribution in [3.63, 3.8) is 0 Å². The molecule has 0 aliphatic heterocycles. The van der Waals surface area contributed by atoms with E-state index in [2.05, 4.69) is 22.6 Å². The molecule has 1 aromatic carbocycles. The maximum atomic E-state index is 12.1. The molecule has 1 fully saturated rings. The van der Waals surface area contributed by atoms with Gasteiger partial charge in [-0.3, -0.25) is 4.79 Å². The van der Waals surface area contributed by atoms with Gasteiger partial charge in [0, 0.05) is 6.07 Å². The summed E-state index contributed by atoms with van der Waals surface area (Å²) in [5, 5.41) is 6.82. The van der Waals surface area contributed by atoms with Gasteiger partial charge in [-0.05, 0) is 31.2 Å². The average Bonchev–Trinajstić information content (AvgIpc) is 3.18. The van der Waals surface area contributed by atoms with Crippen molar-refractivity contribution < 1.29 is 9.32 Å². The Bertz CT molecular complexity index is 573. The van der Waals surface area contributed by atoms with Crippen LogP contribution in [0, 0.1) is 12.8 Å². The summed E-state index contributed by atoms with van der Waals surface area (Å²) >= 11 is 0. The van der Waals surface area contributed by atoms with Crippen LogP contribution in [0.5, 0.6) is 0 Å². The van der Waals surface area contributed by atoms with Crippen LogP contribution >= 0.6 is 0 Å². The molecule has 0 bridgehead atoms. The molecule has 1 saturated carbocycles. The molecule has 1 atom stereocenters. The lowest BCUT2D eigenvalue weighted by Crippen LogP contribution is -2.30. The quantitative estimate of drug-likeness (QED) is 0.915. The summed E-state index contributed by atoms with van der Waals surface area (Å²) in [6.07, 6.45) is 2.33. The Hall–Kier alpha value is -2.10. The van der Waals surface area contributed by atoms with Crippen LogP contribution in [0.15, 0.2) is 40.9 Å². The molecular formula is C15H16N2O2. The number of benzene rings is 1. The number of rotatable bonds is 4. The van der Waals surface area contributed by atoms with Gasteiger partial charge in [-0.1, -0.05) is 35.5 Å². The van der Waals surface area contributed by atoms with Crippen molar-refractivity contribution in [1.82, 2.24) is 10.5 Å². The third-order valence-corrected chi connectivity index (χ3v) is 3.40. The Balaban J connectivity index is 1.77. The van der Waals surface area contributed by atoms with E-state index in [1.165, 1.54) is 0 Å². The summed E-state index contributed by atoms with van der Waals surface area (Å²) in [5.74, 6) is 1.02. The van der Waals surface area contributed by atoms with Crippen LogP contribution < -0.4 is 5.32 Å². The third-order valence-electron chi connectivity index (χ3n) is 3.40. The largest absolute Gasteiger partial charge is 0.361 e. The maximum absolute atomic E-state index is 12.1. The first-order valence-corrected chi connectivity index (χ1v) is 6.53. The summed E-state index contributed by atoms with van der Waals surface area (Å²) in [6.45, 7) is 1.78. The van der Waals surface area contributed by atoms with Crippen LogP contribution in [0.1, 0.15) is 40.7 Å². The molecule has 3 rings (SSSR count). The fourth-order valence-corrected chi connectivity index (χ4v) is 2.25. The fourth-order valence-electron chi connectivity index (χ4n) is 2.25. The van der Waals surface area contributed by atoms with Crippen molar-refractivity contribution in [2.24, 2.45) is 5.92 Å². The number of nitrogens with zero attached hydrogens (tertiary/aromatic N) is 1. The van der Waals surface area contributed by atoms with E-state index in [9.17, 15) is 4.79 Å². The second kappa shape index (κ2) is 4.88. The first kappa shape index (κ1) is 12.0. The molecule has 1 amide bonds. The highest BCUT2D eigenvalue weighted by molar-refractivity contribution is 5.92. The molecule has 1 aromatic heterocycles. The molecule has 1 N–H and O–H groups in total. The van der Waals surface area contributed by atoms with Crippen molar-refractivity contribution in [2.75, 3.05) is 0 Å². The highest BCUT2D eigenvalue weighted by Crippen LogP contribution is 2.41. The highest BCUT2D eigenvalue weighted by atomic mass is 16.5. The fraction of sp³-hybridized carbons (Fsp3) is 0.333. The minimum atomic E-state index is -0.169. The van der Waals surface area contributed by atoms with Gasteiger partial charge in [0.1, 0.15) is 5.76 Å². The summed E-state index contributed by atoms with van der Waals surface area (Å²) in [5.41, 5.74) is 1.50. The number of aryl methyl sites for hydroxylation is 1. The second-order valence-electron chi connectivity index (χ2n) is 5.02. The van der Waals surface area contributed by atoms with Gasteiger partial charge in [0.15, 0.2) is 5.69 Å². The van der Waals surface area contributed by atoms with Crippen LogP contribution in [-0.4, -0.2) is 11.1 Å². The van der Waals surface area contributed by atoms with Crippen LogP contribution in [-0.2, 0) is 0 Å². The first-order chi connectivity index (χ1) is 9.24. The van der Waals surface area contributed by atoms with Crippen LogP contribution in [0.3, 0.4) is 0 Å². The molecule has 1 aliphatic carbocycles. The number of aromatic nitrogens is 1. The van der Waals surface area contributed by atoms with E-state index in [0.717, 1.165) is 18.4 Å². The van der Waals surface area contributed by atoms with Crippen LogP contribution in [0.25, 0.3) is 0 Å². The van der Waals surface area contributed by atoms with E-state index >= 15 is 0 Å².